The van der Waals surface area contributed by atoms with Gasteiger partial charge >= 0.3 is 5.97 Å². The zero-order valence-corrected chi connectivity index (χ0v) is 11.8. The number of aryl methyl sites for hydroxylation is 1. The van der Waals surface area contributed by atoms with Crippen molar-refractivity contribution >= 4 is 17.3 Å². The third-order valence-electron chi connectivity index (χ3n) is 3.28. The number of rotatable bonds is 4. The molecule has 0 spiro atoms. The molecule has 0 unspecified atom stereocenters. The first-order valence-corrected chi connectivity index (χ1v) is 6.22. The predicted octanol–water partition coefficient (Wildman–Crippen LogP) is 1.71. The number of benzene rings is 1. The van der Waals surface area contributed by atoms with E-state index in [9.17, 15) is 4.79 Å². The fraction of sp³-hybridized carbons (Fsp3) is 0.286. The number of esters is 1. The van der Waals surface area contributed by atoms with Gasteiger partial charge in [-0.25, -0.2) is 4.79 Å². The summed E-state index contributed by atoms with van der Waals surface area (Å²) < 4.78 is 6.51. The smallest absolute Gasteiger partial charge is 0.337 e. The monoisotopic (exact) mass is 274 g/mol. The number of aromatic nitrogens is 2. The van der Waals surface area contributed by atoms with Gasteiger partial charge in [-0.1, -0.05) is 0 Å². The summed E-state index contributed by atoms with van der Waals surface area (Å²) in [5.74, 6) is -0.384. The minimum atomic E-state index is -0.384. The minimum absolute atomic E-state index is 0.384. The molecule has 0 amide bonds. The second-order valence-corrected chi connectivity index (χ2v) is 4.53. The molecule has 0 aliphatic rings. The summed E-state index contributed by atoms with van der Waals surface area (Å²) >= 11 is 0. The Labute approximate surface area is 117 Å². The lowest BCUT2D eigenvalue weighted by Crippen LogP contribution is -2.07. The number of nitrogens with one attached hydrogen (secondary N) is 1. The zero-order valence-electron chi connectivity index (χ0n) is 11.8. The maximum Gasteiger partial charge on any atom is 0.337 e. The van der Waals surface area contributed by atoms with Crippen LogP contribution < -0.4 is 11.1 Å². The first-order valence-electron chi connectivity index (χ1n) is 6.22. The molecule has 0 atom stereocenters. The highest BCUT2D eigenvalue weighted by Gasteiger charge is 2.09. The molecule has 0 aliphatic carbocycles. The lowest BCUT2D eigenvalue weighted by atomic mass is 10.1. The average Bonchev–Trinajstić information content (AvgIpc) is 2.77. The third kappa shape index (κ3) is 2.74. The molecule has 3 N–H and O–H groups in total. The molecule has 6 nitrogen and oxygen atoms in total. The number of anilines is 2. The number of carbonyl (C=O) groups is 1. The van der Waals surface area contributed by atoms with Crippen molar-refractivity contribution in [3.8, 4) is 0 Å². The summed E-state index contributed by atoms with van der Waals surface area (Å²) in [4.78, 5) is 11.5. The third-order valence-corrected chi connectivity index (χ3v) is 3.28. The van der Waals surface area contributed by atoms with Gasteiger partial charge in [0.05, 0.1) is 30.2 Å². The molecule has 2 aromatic rings. The highest BCUT2D eigenvalue weighted by atomic mass is 16.5. The molecule has 2 rings (SSSR count). The summed E-state index contributed by atoms with van der Waals surface area (Å²) in [7, 11) is 3.25. The van der Waals surface area contributed by atoms with E-state index in [2.05, 4.69) is 10.4 Å². The molecule has 0 radical (unpaired) electrons. The molecule has 20 heavy (non-hydrogen) atoms. The second kappa shape index (κ2) is 5.64. The molecular weight excluding hydrogens is 256 g/mol. The van der Waals surface area contributed by atoms with Crippen molar-refractivity contribution < 1.29 is 9.53 Å². The largest absolute Gasteiger partial charge is 0.465 e. The molecule has 0 saturated heterocycles. The molecule has 1 aromatic heterocycles. The van der Waals surface area contributed by atoms with Gasteiger partial charge in [0, 0.05) is 24.8 Å². The summed E-state index contributed by atoms with van der Waals surface area (Å²) in [6.45, 7) is 2.59. The van der Waals surface area contributed by atoms with Crippen LogP contribution in [0, 0.1) is 6.92 Å². The highest BCUT2D eigenvalue weighted by molar-refractivity contribution is 5.91. The molecule has 1 heterocycles. The summed E-state index contributed by atoms with van der Waals surface area (Å²) in [5.41, 5.74) is 9.82. The van der Waals surface area contributed by atoms with Gasteiger partial charge in [-0.2, -0.15) is 5.10 Å². The van der Waals surface area contributed by atoms with Gasteiger partial charge in [-0.3, -0.25) is 4.68 Å². The van der Waals surface area contributed by atoms with Crippen molar-refractivity contribution in [2.45, 2.75) is 13.5 Å². The van der Waals surface area contributed by atoms with Crippen LogP contribution in [0.25, 0.3) is 0 Å². The van der Waals surface area contributed by atoms with E-state index < -0.39 is 0 Å². The van der Waals surface area contributed by atoms with E-state index in [1.165, 1.54) is 7.11 Å². The molecule has 0 saturated carbocycles. The maximum atomic E-state index is 11.5. The predicted molar refractivity (Wildman–Crippen MR) is 77.5 cm³/mol. The first-order chi connectivity index (χ1) is 9.52. The topological polar surface area (TPSA) is 82.2 Å². The zero-order chi connectivity index (χ0) is 14.7. The van der Waals surface area contributed by atoms with Crippen LogP contribution in [-0.2, 0) is 18.3 Å². The van der Waals surface area contributed by atoms with Crippen LogP contribution >= 0.6 is 0 Å². The molecule has 1 aromatic carbocycles. The minimum Gasteiger partial charge on any atom is -0.465 e. The number of ether oxygens (including phenoxy) is 1. The van der Waals surface area contributed by atoms with E-state index in [0.717, 1.165) is 11.3 Å². The van der Waals surface area contributed by atoms with Crippen molar-refractivity contribution in [2.24, 2.45) is 7.05 Å². The van der Waals surface area contributed by atoms with Crippen LogP contribution in [0.4, 0.5) is 11.4 Å². The summed E-state index contributed by atoms with van der Waals surface area (Å²) in [5, 5.41) is 7.40. The van der Waals surface area contributed by atoms with Crippen molar-refractivity contribution in [3.63, 3.8) is 0 Å². The fourth-order valence-corrected chi connectivity index (χ4v) is 1.86. The summed E-state index contributed by atoms with van der Waals surface area (Å²) in [6, 6.07) is 5.01. The van der Waals surface area contributed by atoms with E-state index in [1.54, 1.807) is 18.2 Å². The Kier molecular flexibility index (Phi) is 3.93. The van der Waals surface area contributed by atoms with Crippen LogP contribution in [0.2, 0.25) is 0 Å². The molecule has 0 aliphatic heterocycles. The second-order valence-electron chi connectivity index (χ2n) is 4.53. The number of nitrogen functional groups attached to an aromatic ring is 1. The van der Waals surface area contributed by atoms with E-state index in [4.69, 9.17) is 10.5 Å². The van der Waals surface area contributed by atoms with Crippen molar-refractivity contribution in [2.75, 3.05) is 18.2 Å². The summed E-state index contributed by atoms with van der Waals surface area (Å²) in [6.07, 6.45) is 1.81. The van der Waals surface area contributed by atoms with Gasteiger partial charge in [0.2, 0.25) is 0 Å². The normalized spacial score (nSPS) is 10.3. The lowest BCUT2D eigenvalue weighted by Gasteiger charge is -2.10. The number of carbonyl (C=O) groups excluding carboxylic acids is 1. The van der Waals surface area contributed by atoms with Gasteiger partial charge in [0.15, 0.2) is 0 Å². The fourth-order valence-electron chi connectivity index (χ4n) is 1.86. The maximum absolute atomic E-state index is 11.5. The Morgan fingerprint density at radius 2 is 2.25 bits per heavy atom. The number of nitrogens with zero attached hydrogens (tertiary/aromatic N) is 2. The van der Waals surface area contributed by atoms with Gasteiger partial charge < -0.3 is 15.8 Å². The number of hydrogen-bond donors (Lipinski definition) is 2. The molecular formula is C14H18N4O2. The van der Waals surface area contributed by atoms with Crippen molar-refractivity contribution in [1.29, 1.82) is 0 Å². The SMILES string of the molecule is COC(=O)c1ccc(N)c(NCc2cnn(C)c2C)c1. The van der Waals surface area contributed by atoms with E-state index >= 15 is 0 Å². The van der Waals surface area contributed by atoms with Crippen LogP contribution in [0.15, 0.2) is 24.4 Å². The highest BCUT2D eigenvalue weighted by Crippen LogP contribution is 2.21. The first kappa shape index (κ1) is 13.9. The number of nitrogens with two attached hydrogens (primary N) is 1. The Hall–Kier alpha value is -2.50. The van der Waals surface area contributed by atoms with Gasteiger partial charge in [-0.15, -0.1) is 0 Å². The standard InChI is InChI=1S/C14H18N4O2/c1-9-11(8-17-18(9)2)7-16-13-6-10(14(19)20-3)4-5-12(13)15/h4-6,8,16H,7,15H2,1-3H3. The molecule has 0 bridgehead atoms. The molecule has 6 heteroatoms. The van der Waals surface area contributed by atoms with E-state index in [0.29, 0.717) is 23.5 Å². The Balaban J connectivity index is 2.16. The molecule has 0 fully saturated rings. The van der Waals surface area contributed by atoms with Gasteiger partial charge in [-0.05, 0) is 25.1 Å². The lowest BCUT2D eigenvalue weighted by molar-refractivity contribution is 0.0601. The molecule has 106 valence electrons. The van der Waals surface area contributed by atoms with E-state index in [1.807, 2.05) is 24.9 Å². The van der Waals surface area contributed by atoms with Gasteiger partial charge in [0.1, 0.15) is 0 Å². The van der Waals surface area contributed by atoms with Crippen LogP contribution in [-0.4, -0.2) is 22.9 Å². The van der Waals surface area contributed by atoms with Crippen molar-refractivity contribution in [3.05, 3.63) is 41.2 Å². The number of hydrogen-bond acceptors (Lipinski definition) is 5. The Bertz CT molecular complexity index is 634. The quantitative estimate of drug-likeness (QED) is 0.655. The number of methoxy groups -OCH3 is 1. The van der Waals surface area contributed by atoms with E-state index in [-0.39, 0.29) is 5.97 Å². The Morgan fingerprint density at radius 1 is 1.50 bits per heavy atom. The van der Waals surface area contributed by atoms with Crippen LogP contribution in [0.3, 0.4) is 0 Å². The van der Waals surface area contributed by atoms with Crippen molar-refractivity contribution in [1.82, 2.24) is 9.78 Å². The average molecular weight is 274 g/mol. The Morgan fingerprint density at radius 3 is 2.85 bits per heavy atom. The van der Waals surface area contributed by atoms with Crippen LogP contribution in [0.1, 0.15) is 21.6 Å². The van der Waals surface area contributed by atoms with Gasteiger partial charge in [0.25, 0.3) is 0 Å². The van der Waals surface area contributed by atoms with Crippen LogP contribution in [0.5, 0.6) is 0 Å².